The highest BCUT2D eigenvalue weighted by molar-refractivity contribution is 7.80. The molecule has 0 aliphatic carbocycles. The summed E-state index contributed by atoms with van der Waals surface area (Å²) in [6.45, 7) is 8.68. The minimum absolute atomic E-state index is 0.0129. The van der Waals surface area contributed by atoms with Crippen molar-refractivity contribution in [2.45, 2.75) is 45.8 Å². The summed E-state index contributed by atoms with van der Waals surface area (Å²) in [7, 11) is 0. The molecule has 144 valence electrons. The second kappa shape index (κ2) is 7.36. The van der Waals surface area contributed by atoms with Gasteiger partial charge in [-0.3, -0.25) is 9.97 Å². The molecule has 6 heteroatoms. The molecule has 2 atom stereocenters. The highest BCUT2D eigenvalue weighted by Crippen LogP contribution is 2.42. The van der Waals surface area contributed by atoms with Crippen LogP contribution in [-0.2, 0) is 0 Å². The van der Waals surface area contributed by atoms with Crippen LogP contribution in [0.15, 0.2) is 55.0 Å². The van der Waals surface area contributed by atoms with Crippen molar-refractivity contribution in [3.63, 3.8) is 0 Å². The van der Waals surface area contributed by atoms with Crippen molar-refractivity contribution in [3.05, 3.63) is 77.6 Å². The van der Waals surface area contributed by atoms with Crippen LogP contribution in [0.1, 0.15) is 48.6 Å². The lowest BCUT2D eigenvalue weighted by atomic mass is 9.96. The molecule has 3 aromatic heterocycles. The normalized spacial score (nSPS) is 19.3. The van der Waals surface area contributed by atoms with Crippen LogP contribution in [0.3, 0.4) is 0 Å². The highest BCUT2D eigenvalue weighted by atomic mass is 32.1. The lowest BCUT2D eigenvalue weighted by Gasteiger charge is -2.31. The van der Waals surface area contributed by atoms with Gasteiger partial charge in [-0.2, -0.15) is 0 Å². The quantitative estimate of drug-likeness (QED) is 0.673. The average Bonchev–Trinajstić information content (AvgIpc) is 3.19. The first-order valence-corrected chi connectivity index (χ1v) is 9.99. The summed E-state index contributed by atoms with van der Waals surface area (Å²) in [5, 5.41) is 4.30. The molecule has 0 saturated carbocycles. The second-order valence-corrected chi connectivity index (χ2v) is 7.89. The van der Waals surface area contributed by atoms with Gasteiger partial charge in [-0.15, -0.1) is 0 Å². The molecule has 3 aromatic rings. The van der Waals surface area contributed by atoms with Crippen LogP contribution in [0.4, 0.5) is 0 Å². The average molecular weight is 392 g/mol. The molecule has 0 spiro atoms. The number of nitrogens with one attached hydrogen (secondary N) is 1. The Bertz CT molecular complexity index is 981. The predicted molar refractivity (Wildman–Crippen MR) is 115 cm³/mol. The maximum atomic E-state index is 5.72. The standard InChI is InChI=1S/C22H25N5S/c1-14(2)26-21(20(25-22(26)28)19-9-5-6-11-24-19)18-12-15(3)27(16(18)4)17-8-7-10-23-13-17/h5-14,20-21H,1-4H3,(H,25,28)/t20-,21-/m1/s1. The van der Waals surface area contributed by atoms with E-state index in [9.17, 15) is 0 Å². The Morgan fingerprint density at radius 3 is 2.57 bits per heavy atom. The summed E-state index contributed by atoms with van der Waals surface area (Å²) in [5.74, 6) is 0. The minimum atomic E-state index is 0.0129. The molecular formula is C22H25N5S. The van der Waals surface area contributed by atoms with E-state index in [1.54, 1.807) is 6.20 Å². The molecule has 28 heavy (non-hydrogen) atoms. The fourth-order valence-electron chi connectivity index (χ4n) is 4.22. The zero-order valence-electron chi connectivity index (χ0n) is 16.6. The zero-order valence-corrected chi connectivity index (χ0v) is 17.4. The van der Waals surface area contributed by atoms with Crippen LogP contribution in [-0.4, -0.2) is 30.6 Å². The van der Waals surface area contributed by atoms with Crippen LogP contribution in [0.5, 0.6) is 0 Å². The third-order valence-corrected chi connectivity index (χ3v) is 5.71. The molecule has 4 heterocycles. The largest absolute Gasteiger partial charge is 0.352 e. The van der Waals surface area contributed by atoms with Gasteiger partial charge in [0, 0.05) is 29.8 Å². The minimum Gasteiger partial charge on any atom is -0.352 e. The lowest BCUT2D eigenvalue weighted by Crippen LogP contribution is -2.35. The monoisotopic (exact) mass is 391 g/mol. The predicted octanol–water partition coefficient (Wildman–Crippen LogP) is 4.27. The summed E-state index contributed by atoms with van der Waals surface area (Å²) >= 11 is 5.72. The topological polar surface area (TPSA) is 46.0 Å². The summed E-state index contributed by atoms with van der Waals surface area (Å²) in [6.07, 6.45) is 5.54. The number of rotatable bonds is 4. The summed E-state index contributed by atoms with van der Waals surface area (Å²) in [6, 6.07) is 12.7. The lowest BCUT2D eigenvalue weighted by molar-refractivity contribution is 0.269. The van der Waals surface area contributed by atoms with Gasteiger partial charge in [-0.1, -0.05) is 6.07 Å². The molecule has 0 amide bonds. The number of hydrogen-bond donors (Lipinski definition) is 1. The molecule has 1 aliphatic heterocycles. The van der Waals surface area contributed by atoms with Crippen molar-refractivity contribution >= 4 is 17.3 Å². The molecule has 0 aromatic carbocycles. The number of aryl methyl sites for hydroxylation is 1. The SMILES string of the molecule is Cc1cc([C@@H]2[C@@H](c3ccccn3)NC(=S)N2C(C)C)c(C)n1-c1cccnc1. The third-order valence-electron chi connectivity index (χ3n) is 5.38. The Hall–Kier alpha value is -2.73. The molecule has 0 radical (unpaired) electrons. The molecule has 1 N–H and O–H groups in total. The molecule has 1 aliphatic rings. The first kappa shape index (κ1) is 18.6. The van der Waals surface area contributed by atoms with Gasteiger partial charge in [-0.05, 0) is 75.8 Å². The van der Waals surface area contributed by atoms with E-state index in [2.05, 4.69) is 70.6 Å². The van der Waals surface area contributed by atoms with Gasteiger partial charge in [0.05, 0.1) is 29.7 Å². The Labute approximate surface area is 171 Å². The van der Waals surface area contributed by atoms with E-state index in [0.29, 0.717) is 0 Å². The molecular weight excluding hydrogens is 366 g/mol. The van der Waals surface area contributed by atoms with E-state index >= 15 is 0 Å². The van der Waals surface area contributed by atoms with Crippen LogP contribution >= 0.6 is 12.2 Å². The number of nitrogens with zero attached hydrogens (tertiary/aromatic N) is 4. The van der Waals surface area contributed by atoms with E-state index in [1.165, 1.54) is 17.0 Å². The molecule has 0 unspecified atom stereocenters. The van der Waals surface area contributed by atoms with E-state index in [-0.39, 0.29) is 18.1 Å². The molecule has 1 fully saturated rings. The van der Waals surface area contributed by atoms with Crippen LogP contribution < -0.4 is 5.32 Å². The number of thiocarbonyl (C=S) groups is 1. The highest BCUT2D eigenvalue weighted by Gasteiger charge is 2.42. The Balaban J connectivity index is 1.86. The number of hydrogen-bond acceptors (Lipinski definition) is 3. The van der Waals surface area contributed by atoms with Gasteiger partial charge < -0.3 is 14.8 Å². The van der Waals surface area contributed by atoms with Gasteiger partial charge in [0.1, 0.15) is 0 Å². The smallest absolute Gasteiger partial charge is 0.170 e. The fourth-order valence-corrected chi connectivity index (χ4v) is 4.68. The molecule has 5 nitrogen and oxygen atoms in total. The maximum Gasteiger partial charge on any atom is 0.170 e. The summed E-state index contributed by atoms with van der Waals surface area (Å²) < 4.78 is 2.26. The van der Waals surface area contributed by atoms with Gasteiger partial charge in [0.15, 0.2) is 5.11 Å². The Kier molecular flexibility index (Phi) is 4.89. The van der Waals surface area contributed by atoms with E-state index in [0.717, 1.165) is 16.5 Å². The first-order chi connectivity index (χ1) is 13.5. The van der Waals surface area contributed by atoms with Crippen LogP contribution in [0, 0.1) is 13.8 Å². The van der Waals surface area contributed by atoms with E-state index in [4.69, 9.17) is 12.2 Å². The Morgan fingerprint density at radius 1 is 1.11 bits per heavy atom. The van der Waals surface area contributed by atoms with Crippen molar-refractivity contribution in [1.82, 2.24) is 24.8 Å². The van der Waals surface area contributed by atoms with Crippen molar-refractivity contribution in [1.29, 1.82) is 0 Å². The second-order valence-electron chi connectivity index (χ2n) is 7.50. The molecule has 0 bridgehead atoms. The van der Waals surface area contributed by atoms with Crippen molar-refractivity contribution in [2.24, 2.45) is 0 Å². The summed E-state index contributed by atoms with van der Waals surface area (Å²) in [4.78, 5) is 11.2. The molecule has 1 saturated heterocycles. The van der Waals surface area contributed by atoms with Crippen LogP contribution in [0.25, 0.3) is 5.69 Å². The van der Waals surface area contributed by atoms with Gasteiger partial charge in [-0.25, -0.2) is 0 Å². The van der Waals surface area contributed by atoms with E-state index < -0.39 is 0 Å². The van der Waals surface area contributed by atoms with Gasteiger partial charge in [0.25, 0.3) is 0 Å². The summed E-state index contributed by atoms with van der Waals surface area (Å²) in [5.41, 5.74) is 5.72. The first-order valence-electron chi connectivity index (χ1n) is 9.58. The molecule has 4 rings (SSSR count). The Morgan fingerprint density at radius 2 is 1.93 bits per heavy atom. The van der Waals surface area contributed by atoms with Gasteiger partial charge >= 0.3 is 0 Å². The van der Waals surface area contributed by atoms with Crippen molar-refractivity contribution in [2.75, 3.05) is 0 Å². The van der Waals surface area contributed by atoms with Crippen molar-refractivity contribution < 1.29 is 0 Å². The van der Waals surface area contributed by atoms with Crippen molar-refractivity contribution in [3.8, 4) is 5.69 Å². The third kappa shape index (κ3) is 3.07. The number of aromatic nitrogens is 3. The maximum absolute atomic E-state index is 5.72. The number of pyridine rings is 2. The van der Waals surface area contributed by atoms with Gasteiger partial charge in [0.2, 0.25) is 0 Å². The zero-order chi connectivity index (χ0) is 19.8. The van der Waals surface area contributed by atoms with Crippen LogP contribution in [0.2, 0.25) is 0 Å². The fraction of sp³-hybridized carbons (Fsp3) is 0.318. The van der Waals surface area contributed by atoms with E-state index in [1.807, 2.05) is 30.6 Å².